The molecule has 9 heteroatoms. The van der Waals surface area contributed by atoms with Gasteiger partial charge in [0.2, 0.25) is 0 Å². The second kappa shape index (κ2) is 9.05. The summed E-state index contributed by atoms with van der Waals surface area (Å²) in [6.07, 6.45) is 4.96. The van der Waals surface area contributed by atoms with Crippen LogP contribution < -0.4 is 10.5 Å². The summed E-state index contributed by atoms with van der Waals surface area (Å²) in [5, 5.41) is 7.41. The van der Waals surface area contributed by atoms with E-state index in [-0.39, 0.29) is 16.7 Å². The Balaban J connectivity index is 0.000000505. The lowest BCUT2D eigenvalue weighted by atomic mass is 9.96. The monoisotopic (exact) mass is 376 g/mol. The molecule has 1 aromatic rings. The predicted octanol–water partition coefficient (Wildman–Crippen LogP) is 2.76. The summed E-state index contributed by atoms with van der Waals surface area (Å²) < 4.78 is 44.3. The fourth-order valence-corrected chi connectivity index (χ4v) is 3.05. The zero-order valence-corrected chi connectivity index (χ0v) is 15.1. The van der Waals surface area contributed by atoms with Crippen molar-refractivity contribution in [2.45, 2.75) is 12.8 Å². The lowest BCUT2D eigenvalue weighted by Crippen LogP contribution is -2.10. The molecule has 1 aromatic carbocycles. The van der Waals surface area contributed by atoms with Crippen molar-refractivity contribution >= 4 is 32.6 Å². The third-order valence-electron chi connectivity index (χ3n) is 3.24. The molecule has 0 heterocycles. The first-order valence-corrected chi connectivity index (χ1v) is 9.88. The number of methoxy groups -OCH3 is 1. The van der Waals surface area contributed by atoms with Gasteiger partial charge < -0.3 is 10.5 Å². The molecule has 0 aromatic heterocycles. The molecule has 0 saturated heterocycles. The molecule has 1 unspecified atom stereocenters. The normalized spacial score (nSPS) is 16.8. The Kier molecular flexibility index (Phi) is 7.71. The Bertz CT molecular complexity index is 712. The minimum absolute atomic E-state index is 0.142. The maximum absolute atomic E-state index is 13.4. The lowest BCUT2D eigenvalue weighted by molar-refractivity contribution is 0.386. The molecule has 1 aliphatic carbocycles. The van der Waals surface area contributed by atoms with E-state index in [1.807, 2.05) is 0 Å². The number of benzene rings is 1. The van der Waals surface area contributed by atoms with Crippen molar-refractivity contribution in [2.24, 2.45) is 11.7 Å². The molecule has 0 radical (unpaired) electrons. The topological polar surface area (TPSA) is 113 Å². The van der Waals surface area contributed by atoms with Gasteiger partial charge in [-0.05, 0) is 42.0 Å². The zero-order chi connectivity index (χ0) is 18.3. The molecule has 0 fully saturated rings. The number of ether oxygens (including phenoxy) is 1. The van der Waals surface area contributed by atoms with Gasteiger partial charge in [0.05, 0.1) is 13.4 Å². The number of allylic oxidation sites excluding steroid dienone is 2. The number of thioether (sulfide) groups is 1. The first-order chi connectivity index (χ1) is 11.1. The average molecular weight is 376 g/mol. The van der Waals surface area contributed by atoms with Gasteiger partial charge in [-0.2, -0.15) is 8.42 Å². The van der Waals surface area contributed by atoms with E-state index in [4.69, 9.17) is 20.4 Å². The van der Waals surface area contributed by atoms with Crippen molar-refractivity contribution in [1.29, 1.82) is 5.41 Å². The van der Waals surface area contributed by atoms with E-state index in [1.165, 1.54) is 30.5 Å². The molecule has 0 amide bonds. The first kappa shape index (κ1) is 20.5. The molecule has 4 N–H and O–H groups in total. The number of amidine groups is 1. The van der Waals surface area contributed by atoms with Crippen LogP contribution in [-0.4, -0.2) is 37.3 Å². The number of hydrogen-bond acceptors (Lipinski definition) is 5. The molecule has 24 heavy (non-hydrogen) atoms. The summed E-state index contributed by atoms with van der Waals surface area (Å²) in [7, 11) is -2.20. The van der Waals surface area contributed by atoms with Crippen molar-refractivity contribution in [3.8, 4) is 5.75 Å². The quantitative estimate of drug-likeness (QED) is 0.423. The maximum Gasteiger partial charge on any atom is 0.261 e. The molecule has 1 atom stereocenters. The van der Waals surface area contributed by atoms with Crippen LogP contribution in [0.15, 0.2) is 24.3 Å². The highest BCUT2D eigenvalue weighted by Crippen LogP contribution is 2.37. The molecule has 134 valence electrons. The number of halogens is 1. The Morgan fingerprint density at radius 3 is 2.71 bits per heavy atom. The van der Waals surface area contributed by atoms with Crippen LogP contribution in [0.1, 0.15) is 18.4 Å². The Hall–Kier alpha value is -1.58. The summed E-state index contributed by atoms with van der Waals surface area (Å²) in [4.78, 5) is 0. The van der Waals surface area contributed by atoms with E-state index in [0.29, 0.717) is 12.2 Å². The molecule has 0 aliphatic heterocycles. The zero-order valence-electron chi connectivity index (χ0n) is 13.5. The van der Waals surface area contributed by atoms with Gasteiger partial charge in [0, 0.05) is 5.75 Å². The van der Waals surface area contributed by atoms with Crippen molar-refractivity contribution in [2.75, 3.05) is 19.1 Å². The van der Waals surface area contributed by atoms with E-state index in [2.05, 4.69) is 6.08 Å². The molecule has 2 rings (SSSR count). The van der Waals surface area contributed by atoms with Gasteiger partial charge in [0.1, 0.15) is 0 Å². The number of nitrogens with one attached hydrogen (secondary N) is 1. The van der Waals surface area contributed by atoms with Gasteiger partial charge in [0.15, 0.2) is 16.7 Å². The van der Waals surface area contributed by atoms with Gasteiger partial charge in [-0.15, -0.1) is 0 Å². The Morgan fingerprint density at radius 1 is 1.54 bits per heavy atom. The molecule has 0 bridgehead atoms. The van der Waals surface area contributed by atoms with Crippen molar-refractivity contribution < 1.29 is 22.1 Å². The fraction of sp³-hybridized carbons (Fsp3) is 0.400. The molecule has 6 nitrogen and oxygen atoms in total. The second-order valence-corrected chi connectivity index (χ2v) is 7.72. The smallest absolute Gasteiger partial charge is 0.261 e. The predicted molar refractivity (Wildman–Crippen MR) is 95.5 cm³/mol. The van der Waals surface area contributed by atoms with Crippen LogP contribution >= 0.6 is 11.8 Å². The van der Waals surface area contributed by atoms with E-state index in [1.54, 1.807) is 12.1 Å². The highest BCUT2D eigenvalue weighted by Gasteiger charge is 2.21. The van der Waals surface area contributed by atoms with Gasteiger partial charge in [-0.25, -0.2) is 4.39 Å². The lowest BCUT2D eigenvalue weighted by Gasteiger charge is -2.15. The fourth-order valence-electron chi connectivity index (χ4n) is 2.32. The molecule has 0 spiro atoms. The Morgan fingerprint density at radius 2 is 2.17 bits per heavy atom. The molecular weight excluding hydrogens is 355 g/mol. The van der Waals surface area contributed by atoms with Crippen LogP contribution in [0.3, 0.4) is 0 Å². The van der Waals surface area contributed by atoms with E-state index in [0.717, 1.165) is 24.2 Å². The summed E-state index contributed by atoms with van der Waals surface area (Å²) in [6, 6.07) is 4.95. The minimum atomic E-state index is -3.67. The van der Waals surface area contributed by atoms with E-state index in [9.17, 15) is 12.8 Å². The molecular formula is C15H21FN2O4S2. The summed E-state index contributed by atoms with van der Waals surface area (Å²) in [5.41, 5.74) is 7.57. The number of hydrogen-bond donors (Lipinski definition) is 3. The Labute approximate surface area is 145 Å². The second-order valence-electron chi connectivity index (χ2n) is 5.19. The number of rotatable bonds is 4. The van der Waals surface area contributed by atoms with Crippen LogP contribution in [-0.2, 0) is 10.1 Å². The van der Waals surface area contributed by atoms with Crippen molar-refractivity contribution in [3.63, 3.8) is 0 Å². The summed E-state index contributed by atoms with van der Waals surface area (Å²) >= 11 is 1.35. The minimum Gasteiger partial charge on any atom is -0.494 e. The van der Waals surface area contributed by atoms with Crippen LogP contribution in [0, 0.1) is 17.1 Å². The van der Waals surface area contributed by atoms with Gasteiger partial charge >= 0.3 is 0 Å². The first-order valence-electron chi connectivity index (χ1n) is 7.05. The van der Waals surface area contributed by atoms with Crippen LogP contribution in [0.4, 0.5) is 4.39 Å². The third kappa shape index (κ3) is 7.33. The van der Waals surface area contributed by atoms with Crippen LogP contribution in [0.5, 0.6) is 5.75 Å². The largest absolute Gasteiger partial charge is 0.494 e. The molecule has 1 aliphatic rings. The molecule has 0 saturated carbocycles. The van der Waals surface area contributed by atoms with Gasteiger partial charge in [0.25, 0.3) is 10.1 Å². The van der Waals surface area contributed by atoms with E-state index >= 15 is 0 Å². The van der Waals surface area contributed by atoms with Gasteiger partial charge in [-0.3, -0.25) is 9.96 Å². The third-order valence-corrected chi connectivity index (χ3v) is 4.12. The standard InChI is InChI=1S/C14H17FN2OS.CH4O3S/c1-18-13-7-9(5-6-12(13)15)11-4-2-3-10(11)8-19-14(16)17;1-5(2,3)4/h4-7,10H,2-3,8H2,1H3,(H3,16,17);1H3,(H,2,3,4). The van der Waals surface area contributed by atoms with E-state index < -0.39 is 10.1 Å². The highest BCUT2D eigenvalue weighted by molar-refractivity contribution is 8.13. The van der Waals surface area contributed by atoms with Gasteiger partial charge in [-0.1, -0.05) is 23.9 Å². The SMILES string of the molecule is COc1cc(C2=CCCC2CSC(=N)N)ccc1F.CS(=O)(=O)O. The average Bonchev–Trinajstić information content (AvgIpc) is 2.92. The number of nitrogens with two attached hydrogens (primary N) is 1. The van der Waals surface area contributed by atoms with Crippen LogP contribution in [0.2, 0.25) is 0 Å². The van der Waals surface area contributed by atoms with Crippen molar-refractivity contribution in [3.05, 3.63) is 35.7 Å². The highest BCUT2D eigenvalue weighted by atomic mass is 32.2. The summed E-state index contributed by atoms with van der Waals surface area (Å²) in [6.45, 7) is 0. The van der Waals surface area contributed by atoms with Crippen molar-refractivity contribution in [1.82, 2.24) is 0 Å². The van der Waals surface area contributed by atoms with Crippen LogP contribution in [0.25, 0.3) is 5.57 Å². The maximum atomic E-state index is 13.4. The summed E-state index contributed by atoms with van der Waals surface area (Å²) in [5.74, 6) is 1.08.